The summed E-state index contributed by atoms with van der Waals surface area (Å²) in [5.41, 5.74) is 1.88. The Hall–Kier alpha value is -2.29. The number of Topliss-reactive ketones (excluding diaryl/α,β-unsaturated/α-hetero) is 1. The molecule has 20 heavy (non-hydrogen) atoms. The second-order valence-electron chi connectivity index (χ2n) is 4.78. The first-order chi connectivity index (χ1) is 9.78. The molecule has 1 aliphatic heterocycles. The van der Waals surface area contributed by atoms with Gasteiger partial charge in [0.05, 0.1) is 0 Å². The maximum atomic E-state index is 12.4. The average Bonchev–Trinajstić information content (AvgIpc) is 2.54. The average molecular weight is 268 g/mol. The Morgan fingerprint density at radius 2 is 1.80 bits per heavy atom. The molecule has 102 valence electrons. The van der Waals surface area contributed by atoms with Gasteiger partial charge in [-0.2, -0.15) is 0 Å². The molecule has 1 heterocycles. The van der Waals surface area contributed by atoms with Crippen molar-refractivity contribution in [3.05, 3.63) is 59.7 Å². The van der Waals surface area contributed by atoms with Gasteiger partial charge in [-0.25, -0.2) is 0 Å². The number of ketones is 1. The van der Waals surface area contributed by atoms with Crippen LogP contribution in [0.25, 0.3) is 0 Å². The van der Waals surface area contributed by atoms with Crippen LogP contribution in [-0.4, -0.2) is 18.5 Å². The van der Waals surface area contributed by atoms with E-state index in [1.54, 1.807) is 0 Å². The van der Waals surface area contributed by atoms with E-state index in [0.29, 0.717) is 17.1 Å². The van der Waals surface area contributed by atoms with Crippen molar-refractivity contribution in [1.82, 2.24) is 0 Å². The summed E-state index contributed by atoms with van der Waals surface area (Å²) in [7, 11) is 0. The van der Waals surface area contributed by atoms with Crippen LogP contribution in [0.5, 0.6) is 11.5 Å². The van der Waals surface area contributed by atoms with Gasteiger partial charge in [-0.05, 0) is 24.1 Å². The molecule has 0 saturated carbocycles. The number of para-hydroxylation sites is 2. The van der Waals surface area contributed by atoms with Gasteiger partial charge in [-0.3, -0.25) is 4.79 Å². The SMILES string of the molecule is CCc1ccc(C(=O)C2COc3ccccc3O2)cc1. The third-order valence-electron chi connectivity index (χ3n) is 3.45. The summed E-state index contributed by atoms with van der Waals surface area (Å²) in [5, 5.41) is 0. The maximum Gasteiger partial charge on any atom is 0.206 e. The van der Waals surface area contributed by atoms with Crippen LogP contribution in [0.15, 0.2) is 48.5 Å². The molecule has 3 nitrogen and oxygen atoms in total. The Bertz CT molecular complexity index is 616. The fourth-order valence-electron chi connectivity index (χ4n) is 2.24. The molecule has 0 N–H and O–H groups in total. The minimum atomic E-state index is -0.572. The van der Waals surface area contributed by atoms with Gasteiger partial charge in [0.1, 0.15) is 6.61 Å². The summed E-state index contributed by atoms with van der Waals surface area (Å²) < 4.78 is 11.3. The Kier molecular flexibility index (Phi) is 3.42. The molecule has 3 rings (SSSR count). The lowest BCUT2D eigenvalue weighted by Gasteiger charge is -2.25. The second kappa shape index (κ2) is 5.37. The van der Waals surface area contributed by atoms with E-state index >= 15 is 0 Å². The number of benzene rings is 2. The second-order valence-corrected chi connectivity index (χ2v) is 4.78. The molecule has 0 spiro atoms. The number of carbonyl (C=O) groups is 1. The first kappa shape index (κ1) is 12.7. The van der Waals surface area contributed by atoms with E-state index in [2.05, 4.69) is 6.92 Å². The Morgan fingerprint density at radius 3 is 2.50 bits per heavy atom. The summed E-state index contributed by atoms with van der Waals surface area (Å²) in [6, 6.07) is 15.1. The highest BCUT2D eigenvalue weighted by Crippen LogP contribution is 2.31. The fourth-order valence-corrected chi connectivity index (χ4v) is 2.24. The van der Waals surface area contributed by atoms with E-state index in [9.17, 15) is 4.79 Å². The fraction of sp³-hybridized carbons (Fsp3) is 0.235. The highest BCUT2D eigenvalue weighted by atomic mass is 16.6. The lowest BCUT2D eigenvalue weighted by Crippen LogP contribution is -2.36. The van der Waals surface area contributed by atoms with Crippen molar-refractivity contribution < 1.29 is 14.3 Å². The van der Waals surface area contributed by atoms with Crippen molar-refractivity contribution >= 4 is 5.78 Å². The molecule has 1 atom stereocenters. The Balaban J connectivity index is 1.78. The van der Waals surface area contributed by atoms with Gasteiger partial charge in [-0.1, -0.05) is 43.3 Å². The molecule has 0 aromatic heterocycles. The predicted octanol–water partition coefficient (Wildman–Crippen LogP) is 3.27. The summed E-state index contributed by atoms with van der Waals surface area (Å²) in [5.74, 6) is 1.28. The van der Waals surface area contributed by atoms with Gasteiger partial charge >= 0.3 is 0 Å². The number of hydrogen-bond donors (Lipinski definition) is 0. The molecular weight excluding hydrogens is 252 g/mol. The van der Waals surface area contributed by atoms with Crippen LogP contribution in [0.1, 0.15) is 22.8 Å². The van der Waals surface area contributed by atoms with Crippen LogP contribution in [0.4, 0.5) is 0 Å². The first-order valence-electron chi connectivity index (χ1n) is 6.79. The van der Waals surface area contributed by atoms with Crippen molar-refractivity contribution in [3.8, 4) is 11.5 Å². The van der Waals surface area contributed by atoms with Gasteiger partial charge in [-0.15, -0.1) is 0 Å². The summed E-state index contributed by atoms with van der Waals surface area (Å²) in [4.78, 5) is 12.4. The van der Waals surface area contributed by atoms with Crippen LogP contribution in [0, 0.1) is 0 Å². The zero-order valence-corrected chi connectivity index (χ0v) is 11.3. The molecule has 0 fully saturated rings. The molecule has 2 aromatic rings. The molecule has 1 unspecified atom stereocenters. The quantitative estimate of drug-likeness (QED) is 0.801. The topological polar surface area (TPSA) is 35.5 Å². The number of hydrogen-bond acceptors (Lipinski definition) is 3. The summed E-state index contributed by atoms with van der Waals surface area (Å²) in [6.45, 7) is 2.34. The minimum absolute atomic E-state index is 0.0397. The van der Waals surface area contributed by atoms with E-state index in [-0.39, 0.29) is 12.4 Å². The van der Waals surface area contributed by atoms with Crippen molar-refractivity contribution in [1.29, 1.82) is 0 Å². The van der Waals surface area contributed by atoms with Crippen molar-refractivity contribution in [2.75, 3.05) is 6.61 Å². The van der Waals surface area contributed by atoms with Crippen LogP contribution in [0.2, 0.25) is 0 Å². The molecule has 0 amide bonds. The minimum Gasteiger partial charge on any atom is -0.485 e. The molecule has 2 aromatic carbocycles. The molecule has 0 radical (unpaired) electrons. The third-order valence-corrected chi connectivity index (χ3v) is 3.45. The van der Waals surface area contributed by atoms with Gasteiger partial charge in [0.25, 0.3) is 0 Å². The van der Waals surface area contributed by atoms with Crippen LogP contribution in [0.3, 0.4) is 0 Å². The Morgan fingerprint density at radius 1 is 1.10 bits per heavy atom. The number of ether oxygens (including phenoxy) is 2. The molecule has 0 saturated heterocycles. The van der Waals surface area contributed by atoms with E-state index in [0.717, 1.165) is 6.42 Å². The zero-order chi connectivity index (χ0) is 13.9. The van der Waals surface area contributed by atoms with Gasteiger partial charge < -0.3 is 9.47 Å². The Labute approximate surface area is 118 Å². The third kappa shape index (κ3) is 2.39. The van der Waals surface area contributed by atoms with E-state index < -0.39 is 6.10 Å². The number of carbonyl (C=O) groups excluding carboxylic acids is 1. The van der Waals surface area contributed by atoms with Crippen LogP contribution >= 0.6 is 0 Å². The summed E-state index contributed by atoms with van der Waals surface area (Å²) in [6.07, 6.45) is 0.391. The normalized spacial score (nSPS) is 16.8. The van der Waals surface area contributed by atoms with E-state index in [4.69, 9.17) is 9.47 Å². The van der Waals surface area contributed by atoms with Crippen molar-refractivity contribution in [3.63, 3.8) is 0 Å². The van der Waals surface area contributed by atoms with Crippen molar-refractivity contribution in [2.24, 2.45) is 0 Å². The molecular formula is C17H16O3. The first-order valence-corrected chi connectivity index (χ1v) is 6.79. The highest BCUT2D eigenvalue weighted by molar-refractivity contribution is 6.00. The standard InChI is InChI=1S/C17H16O3/c1-2-12-7-9-13(10-8-12)17(18)16-11-19-14-5-3-4-6-15(14)20-16/h3-10,16H,2,11H2,1H3. The lowest BCUT2D eigenvalue weighted by molar-refractivity contribution is 0.0586. The lowest BCUT2D eigenvalue weighted by atomic mass is 10.0. The van der Waals surface area contributed by atoms with Gasteiger partial charge in [0.15, 0.2) is 17.6 Å². The van der Waals surface area contributed by atoms with Crippen LogP contribution < -0.4 is 9.47 Å². The van der Waals surface area contributed by atoms with Gasteiger partial charge in [0, 0.05) is 5.56 Å². The zero-order valence-electron chi connectivity index (χ0n) is 11.3. The molecule has 0 aliphatic carbocycles. The van der Waals surface area contributed by atoms with E-state index in [1.807, 2.05) is 48.5 Å². The predicted molar refractivity (Wildman–Crippen MR) is 76.5 cm³/mol. The number of fused-ring (bicyclic) bond motifs is 1. The van der Waals surface area contributed by atoms with Gasteiger partial charge in [0.2, 0.25) is 5.78 Å². The number of rotatable bonds is 3. The maximum absolute atomic E-state index is 12.4. The van der Waals surface area contributed by atoms with Crippen LogP contribution in [-0.2, 0) is 6.42 Å². The monoisotopic (exact) mass is 268 g/mol. The smallest absolute Gasteiger partial charge is 0.206 e. The molecule has 3 heteroatoms. The number of aryl methyl sites for hydroxylation is 1. The molecule has 1 aliphatic rings. The largest absolute Gasteiger partial charge is 0.485 e. The van der Waals surface area contributed by atoms with E-state index in [1.165, 1.54) is 5.56 Å². The molecule has 0 bridgehead atoms. The van der Waals surface area contributed by atoms with Crippen molar-refractivity contribution in [2.45, 2.75) is 19.4 Å². The summed E-state index contributed by atoms with van der Waals surface area (Å²) >= 11 is 0. The highest BCUT2D eigenvalue weighted by Gasteiger charge is 2.27.